The highest BCUT2D eigenvalue weighted by molar-refractivity contribution is 7.12. The minimum atomic E-state index is -0.0863. The summed E-state index contributed by atoms with van der Waals surface area (Å²) in [5.41, 5.74) is 2.79. The maximum atomic E-state index is 12.0. The topological polar surface area (TPSA) is 41.1 Å². The Morgan fingerprint density at radius 3 is 2.39 bits per heavy atom. The van der Waals surface area contributed by atoms with Crippen molar-refractivity contribution < 1.29 is 4.79 Å². The SMILES string of the molecule is O=C(Nc1ccc(NCc2ccccc2Cl)cc1)c1cccs1. The van der Waals surface area contributed by atoms with Gasteiger partial charge in [-0.1, -0.05) is 35.9 Å². The molecule has 0 saturated carbocycles. The monoisotopic (exact) mass is 342 g/mol. The molecule has 1 amide bonds. The fourth-order valence-corrected chi connectivity index (χ4v) is 2.93. The van der Waals surface area contributed by atoms with Crippen LogP contribution in [0, 0.1) is 0 Å². The lowest BCUT2D eigenvalue weighted by Crippen LogP contribution is -2.10. The zero-order valence-corrected chi connectivity index (χ0v) is 13.8. The van der Waals surface area contributed by atoms with Crippen molar-refractivity contribution in [3.63, 3.8) is 0 Å². The van der Waals surface area contributed by atoms with E-state index in [-0.39, 0.29) is 5.91 Å². The van der Waals surface area contributed by atoms with Gasteiger partial charge >= 0.3 is 0 Å². The third-order valence-electron chi connectivity index (χ3n) is 3.33. The van der Waals surface area contributed by atoms with Crippen molar-refractivity contribution in [2.45, 2.75) is 6.54 Å². The standard InChI is InChI=1S/C18H15ClN2OS/c19-16-5-2-1-4-13(16)12-20-14-7-9-15(10-8-14)21-18(22)17-6-3-11-23-17/h1-11,20H,12H2,(H,21,22). The molecule has 1 aromatic heterocycles. The van der Waals surface area contributed by atoms with Gasteiger partial charge in [0.15, 0.2) is 0 Å². The summed E-state index contributed by atoms with van der Waals surface area (Å²) >= 11 is 7.56. The van der Waals surface area contributed by atoms with Crippen LogP contribution in [0.2, 0.25) is 5.02 Å². The Balaban J connectivity index is 1.59. The quantitative estimate of drug-likeness (QED) is 0.663. The molecule has 0 aliphatic heterocycles. The van der Waals surface area contributed by atoms with Gasteiger partial charge in [-0.15, -0.1) is 11.3 Å². The highest BCUT2D eigenvalue weighted by Gasteiger charge is 2.06. The highest BCUT2D eigenvalue weighted by atomic mass is 35.5. The normalized spacial score (nSPS) is 10.3. The highest BCUT2D eigenvalue weighted by Crippen LogP contribution is 2.19. The number of carbonyl (C=O) groups excluding carboxylic acids is 1. The number of amides is 1. The maximum Gasteiger partial charge on any atom is 0.265 e. The molecule has 0 aliphatic carbocycles. The average molecular weight is 343 g/mol. The molecule has 0 saturated heterocycles. The van der Waals surface area contributed by atoms with Crippen LogP contribution in [-0.4, -0.2) is 5.91 Å². The molecule has 0 aliphatic rings. The number of halogens is 1. The molecule has 116 valence electrons. The molecule has 5 heteroatoms. The average Bonchev–Trinajstić information content (AvgIpc) is 3.10. The molecule has 2 N–H and O–H groups in total. The fraction of sp³-hybridized carbons (Fsp3) is 0.0556. The molecule has 1 heterocycles. The van der Waals surface area contributed by atoms with E-state index in [4.69, 9.17) is 11.6 Å². The maximum absolute atomic E-state index is 12.0. The van der Waals surface area contributed by atoms with Crippen LogP contribution in [-0.2, 0) is 6.54 Å². The lowest BCUT2D eigenvalue weighted by Gasteiger charge is -2.09. The summed E-state index contributed by atoms with van der Waals surface area (Å²) in [6.45, 7) is 0.653. The summed E-state index contributed by atoms with van der Waals surface area (Å²) in [5, 5.41) is 8.83. The van der Waals surface area contributed by atoms with Crippen molar-refractivity contribution in [2.75, 3.05) is 10.6 Å². The fourth-order valence-electron chi connectivity index (χ4n) is 2.11. The number of anilines is 2. The number of hydrogen-bond acceptors (Lipinski definition) is 3. The molecule has 0 spiro atoms. The summed E-state index contributed by atoms with van der Waals surface area (Å²) < 4.78 is 0. The predicted octanol–water partition coefficient (Wildman–Crippen LogP) is 5.27. The zero-order chi connectivity index (χ0) is 16.1. The van der Waals surface area contributed by atoms with Crippen molar-refractivity contribution in [1.29, 1.82) is 0 Å². The summed E-state index contributed by atoms with van der Waals surface area (Å²) in [4.78, 5) is 12.7. The Labute approximate surface area is 143 Å². The van der Waals surface area contributed by atoms with Crippen molar-refractivity contribution in [3.05, 3.63) is 81.5 Å². The molecule has 2 aromatic carbocycles. The number of rotatable bonds is 5. The van der Waals surface area contributed by atoms with Gasteiger partial charge in [-0.3, -0.25) is 4.79 Å². The molecule has 3 nitrogen and oxygen atoms in total. The van der Waals surface area contributed by atoms with E-state index in [1.165, 1.54) is 11.3 Å². The van der Waals surface area contributed by atoms with Gasteiger partial charge in [-0.2, -0.15) is 0 Å². The van der Waals surface area contributed by atoms with E-state index < -0.39 is 0 Å². The molecular formula is C18H15ClN2OS. The summed E-state index contributed by atoms with van der Waals surface area (Å²) in [5.74, 6) is -0.0863. The Kier molecular flexibility index (Phi) is 4.95. The van der Waals surface area contributed by atoms with E-state index in [1.54, 1.807) is 6.07 Å². The first-order chi connectivity index (χ1) is 11.2. The predicted molar refractivity (Wildman–Crippen MR) is 97.5 cm³/mol. The number of benzene rings is 2. The first kappa shape index (κ1) is 15.6. The van der Waals surface area contributed by atoms with Gasteiger partial charge in [-0.25, -0.2) is 0 Å². The van der Waals surface area contributed by atoms with E-state index >= 15 is 0 Å². The Morgan fingerprint density at radius 2 is 1.70 bits per heavy atom. The van der Waals surface area contributed by atoms with Gasteiger partial charge < -0.3 is 10.6 Å². The first-order valence-electron chi connectivity index (χ1n) is 7.14. The molecule has 0 fully saturated rings. The van der Waals surface area contributed by atoms with E-state index in [0.29, 0.717) is 11.4 Å². The molecule has 0 bridgehead atoms. The lowest BCUT2D eigenvalue weighted by atomic mass is 10.2. The molecule has 3 aromatic rings. The van der Waals surface area contributed by atoms with Gasteiger partial charge in [0.25, 0.3) is 5.91 Å². The number of nitrogens with one attached hydrogen (secondary N) is 2. The lowest BCUT2D eigenvalue weighted by molar-refractivity contribution is 0.103. The first-order valence-corrected chi connectivity index (χ1v) is 8.40. The van der Waals surface area contributed by atoms with Crippen LogP contribution >= 0.6 is 22.9 Å². The number of thiophene rings is 1. The Morgan fingerprint density at radius 1 is 0.957 bits per heavy atom. The van der Waals surface area contributed by atoms with E-state index in [1.807, 2.05) is 60.0 Å². The molecule has 0 unspecified atom stereocenters. The van der Waals surface area contributed by atoms with E-state index in [2.05, 4.69) is 10.6 Å². The van der Waals surface area contributed by atoms with Gasteiger partial charge in [0, 0.05) is 22.9 Å². The molecule has 0 radical (unpaired) electrons. The van der Waals surface area contributed by atoms with E-state index in [0.717, 1.165) is 22.0 Å². The smallest absolute Gasteiger partial charge is 0.265 e. The second-order valence-corrected chi connectivity index (χ2v) is 6.31. The third kappa shape index (κ3) is 4.12. The van der Waals surface area contributed by atoms with Crippen LogP contribution in [0.25, 0.3) is 0 Å². The summed E-state index contributed by atoms with van der Waals surface area (Å²) in [6.07, 6.45) is 0. The molecule has 3 rings (SSSR count). The summed E-state index contributed by atoms with van der Waals surface area (Å²) in [6, 6.07) is 19.0. The van der Waals surface area contributed by atoms with Crippen molar-refractivity contribution >= 4 is 40.2 Å². The molecule has 0 atom stereocenters. The second kappa shape index (κ2) is 7.31. The third-order valence-corrected chi connectivity index (χ3v) is 4.57. The minimum Gasteiger partial charge on any atom is -0.381 e. The van der Waals surface area contributed by atoms with Crippen LogP contribution in [0.4, 0.5) is 11.4 Å². The molecular weight excluding hydrogens is 328 g/mol. The summed E-state index contributed by atoms with van der Waals surface area (Å²) in [7, 11) is 0. The van der Waals surface area contributed by atoms with Crippen LogP contribution in [0.5, 0.6) is 0 Å². The van der Waals surface area contributed by atoms with Crippen LogP contribution in [0.1, 0.15) is 15.2 Å². The van der Waals surface area contributed by atoms with Gasteiger partial charge in [0.1, 0.15) is 0 Å². The van der Waals surface area contributed by atoms with Crippen LogP contribution < -0.4 is 10.6 Å². The molecule has 23 heavy (non-hydrogen) atoms. The van der Waals surface area contributed by atoms with Crippen LogP contribution in [0.3, 0.4) is 0 Å². The Hall–Kier alpha value is -2.30. The zero-order valence-electron chi connectivity index (χ0n) is 12.3. The Bertz CT molecular complexity index is 785. The number of hydrogen-bond donors (Lipinski definition) is 2. The van der Waals surface area contributed by atoms with Crippen molar-refractivity contribution in [2.24, 2.45) is 0 Å². The largest absolute Gasteiger partial charge is 0.381 e. The van der Waals surface area contributed by atoms with Crippen LogP contribution in [0.15, 0.2) is 66.0 Å². The van der Waals surface area contributed by atoms with Crippen molar-refractivity contribution in [3.8, 4) is 0 Å². The van der Waals surface area contributed by atoms with E-state index in [9.17, 15) is 4.79 Å². The minimum absolute atomic E-state index is 0.0863. The second-order valence-electron chi connectivity index (χ2n) is 4.95. The number of carbonyl (C=O) groups is 1. The van der Waals surface area contributed by atoms with Gasteiger partial charge in [-0.05, 0) is 47.3 Å². The van der Waals surface area contributed by atoms with Gasteiger partial charge in [0.2, 0.25) is 0 Å². The van der Waals surface area contributed by atoms with Crippen molar-refractivity contribution in [1.82, 2.24) is 0 Å². The van der Waals surface area contributed by atoms with Gasteiger partial charge in [0.05, 0.1) is 4.88 Å².